The van der Waals surface area contributed by atoms with E-state index >= 15 is 0 Å². The normalized spacial score (nSPS) is 19.1. The minimum Gasteiger partial charge on any atom is -0.398 e. The summed E-state index contributed by atoms with van der Waals surface area (Å²) < 4.78 is 31.9. The minimum atomic E-state index is -4.93. The highest BCUT2D eigenvalue weighted by Crippen LogP contribution is 2.32. The summed E-state index contributed by atoms with van der Waals surface area (Å²) in [7, 11) is -3.78. The summed E-state index contributed by atoms with van der Waals surface area (Å²) in [6.07, 6.45) is 0. The second-order valence-electron chi connectivity index (χ2n) is 5.48. The van der Waals surface area contributed by atoms with Crippen molar-refractivity contribution in [1.29, 1.82) is 0 Å². The Labute approximate surface area is 178 Å². The maximum absolute atomic E-state index is 12.6. The van der Waals surface area contributed by atoms with Gasteiger partial charge >= 0.3 is 10.3 Å². The molecule has 0 radical (unpaired) electrons. The average Bonchev–Trinajstić information content (AvgIpc) is 3.09. The Kier molecular flexibility index (Phi) is 7.48. The molecule has 1 aliphatic heterocycles. The van der Waals surface area contributed by atoms with Crippen LogP contribution in [0.25, 0.3) is 0 Å². The molecule has 0 unspecified atom stereocenters. The predicted molar refractivity (Wildman–Crippen MR) is 106 cm³/mol. The largest absolute Gasteiger partial charge is 0.398 e. The van der Waals surface area contributed by atoms with Crippen molar-refractivity contribution in [3.63, 3.8) is 0 Å². The molecule has 164 valence electrons. The number of thioether (sulfide) groups is 1. The first kappa shape index (κ1) is 23.7. The Morgan fingerprint density at radius 3 is 2.67 bits per heavy atom. The summed E-state index contributed by atoms with van der Waals surface area (Å²) in [5.41, 5.74) is 4.80. The standard InChI is InChI=1S/C13H16N6O8S3/c1-5(20)29-12-9(11(23)19(12)30(24,25)26)17-10(22)8(18-27-2)6-4-28-13(15-6)16-7(21)3-14/h4,9,12H,3,14H2,1-2H3,(H,17,22)(H,15,16,21)(H,24,25,26)/b18-8-/t9-,12-/m1/s1. The van der Waals surface area contributed by atoms with Crippen LogP contribution in [0.4, 0.5) is 5.13 Å². The van der Waals surface area contributed by atoms with Crippen LogP contribution in [0.3, 0.4) is 0 Å². The summed E-state index contributed by atoms with van der Waals surface area (Å²) in [6.45, 7) is 0.844. The van der Waals surface area contributed by atoms with Gasteiger partial charge in [-0.3, -0.25) is 23.7 Å². The van der Waals surface area contributed by atoms with Crippen LogP contribution < -0.4 is 16.4 Å². The third kappa shape index (κ3) is 5.30. The lowest BCUT2D eigenvalue weighted by atomic mass is 10.1. The maximum Gasteiger partial charge on any atom is 0.363 e. The van der Waals surface area contributed by atoms with Gasteiger partial charge in [-0.05, 0) is 0 Å². The molecule has 3 amide bonds. The average molecular weight is 481 g/mol. The van der Waals surface area contributed by atoms with Crippen LogP contribution in [0.1, 0.15) is 12.6 Å². The van der Waals surface area contributed by atoms with E-state index in [2.05, 4.69) is 25.6 Å². The minimum absolute atomic E-state index is 0.0131. The zero-order valence-corrected chi connectivity index (χ0v) is 17.8. The topological polar surface area (TPSA) is 210 Å². The Morgan fingerprint density at radius 2 is 2.13 bits per heavy atom. The highest BCUT2D eigenvalue weighted by Gasteiger charge is 2.55. The van der Waals surface area contributed by atoms with Crippen molar-refractivity contribution < 1.29 is 37.0 Å². The van der Waals surface area contributed by atoms with E-state index in [4.69, 9.17) is 10.3 Å². The molecular formula is C13H16N6O8S3. The summed E-state index contributed by atoms with van der Waals surface area (Å²) in [4.78, 5) is 56.1. The molecule has 1 aliphatic rings. The summed E-state index contributed by atoms with van der Waals surface area (Å²) in [5.74, 6) is -2.63. The molecule has 2 heterocycles. The van der Waals surface area contributed by atoms with Crippen LogP contribution >= 0.6 is 23.1 Å². The van der Waals surface area contributed by atoms with Gasteiger partial charge < -0.3 is 21.2 Å². The first-order chi connectivity index (χ1) is 14.0. The highest BCUT2D eigenvalue weighted by atomic mass is 32.2. The monoisotopic (exact) mass is 480 g/mol. The molecule has 0 aliphatic carbocycles. The van der Waals surface area contributed by atoms with Gasteiger partial charge in [0.1, 0.15) is 24.2 Å². The van der Waals surface area contributed by atoms with Crippen molar-refractivity contribution in [3.8, 4) is 0 Å². The quantitative estimate of drug-likeness (QED) is 0.140. The van der Waals surface area contributed by atoms with Crippen molar-refractivity contribution in [3.05, 3.63) is 11.1 Å². The first-order valence-corrected chi connectivity index (χ1v) is 11.0. The van der Waals surface area contributed by atoms with E-state index in [9.17, 15) is 27.6 Å². The first-order valence-electron chi connectivity index (χ1n) is 7.85. The second-order valence-corrected chi connectivity index (χ2v) is 8.92. The molecular weight excluding hydrogens is 464 g/mol. The lowest BCUT2D eigenvalue weighted by Gasteiger charge is -2.42. The molecule has 0 aromatic carbocycles. The van der Waals surface area contributed by atoms with Crippen LogP contribution in [0.2, 0.25) is 0 Å². The zero-order chi connectivity index (χ0) is 22.6. The van der Waals surface area contributed by atoms with Gasteiger partial charge in [0.2, 0.25) is 5.91 Å². The molecule has 1 saturated heterocycles. The van der Waals surface area contributed by atoms with Crippen molar-refractivity contribution in [2.45, 2.75) is 18.3 Å². The summed E-state index contributed by atoms with van der Waals surface area (Å²) in [6, 6.07) is -1.44. The van der Waals surface area contributed by atoms with Gasteiger partial charge in [-0.25, -0.2) is 4.98 Å². The fraction of sp³-hybridized carbons (Fsp3) is 0.385. The molecule has 2 rings (SSSR count). The van der Waals surface area contributed by atoms with Gasteiger partial charge in [0, 0.05) is 12.3 Å². The fourth-order valence-corrected chi connectivity index (χ4v) is 4.97. The molecule has 17 heteroatoms. The number of aromatic nitrogens is 1. The molecule has 5 N–H and O–H groups in total. The third-order valence-corrected chi connectivity index (χ3v) is 6.25. The van der Waals surface area contributed by atoms with E-state index in [0.29, 0.717) is 11.8 Å². The maximum atomic E-state index is 12.6. The van der Waals surface area contributed by atoms with E-state index in [1.807, 2.05) is 0 Å². The molecule has 2 atom stereocenters. The number of carbonyl (C=O) groups is 4. The van der Waals surface area contributed by atoms with Crippen molar-refractivity contribution in [2.24, 2.45) is 10.9 Å². The molecule has 0 spiro atoms. The Balaban J connectivity index is 2.22. The van der Waals surface area contributed by atoms with Gasteiger partial charge in [-0.2, -0.15) is 12.7 Å². The van der Waals surface area contributed by atoms with Crippen LogP contribution in [-0.2, 0) is 34.3 Å². The second kappa shape index (κ2) is 9.47. The van der Waals surface area contributed by atoms with Gasteiger partial charge in [0.05, 0.1) is 6.54 Å². The lowest BCUT2D eigenvalue weighted by Crippen LogP contribution is -2.71. The summed E-state index contributed by atoms with van der Waals surface area (Å²) in [5, 5.41) is 7.73. The van der Waals surface area contributed by atoms with Crippen molar-refractivity contribution in [1.82, 2.24) is 14.6 Å². The number of oxime groups is 1. The number of nitrogens with zero attached hydrogens (tertiary/aromatic N) is 3. The van der Waals surface area contributed by atoms with Gasteiger partial charge in [-0.1, -0.05) is 16.9 Å². The lowest BCUT2D eigenvalue weighted by molar-refractivity contribution is -0.141. The third-order valence-electron chi connectivity index (χ3n) is 3.40. The number of anilines is 1. The summed E-state index contributed by atoms with van der Waals surface area (Å²) >= 11 is 1.40. The van der Waals surface area contributed by atoms with Crippen molar-refractivity contribution >= 4 is 67.1 Å². The number of hydrogen-bond donors (Lipinski definition) is 4. The molecule has 30 heavy (non-hydrogen) atoms. The SMILES string of the molecule is CO/N=C(\C(=O)N[C@@H]1C(=O)N(S(=O)(=O)O)[C@@H]1SC(C)=O)c1csc(NC(=O)CN)n1. The number of β-lactam (4-membered cyclic amide) rings is 1. The van der Waals surface area contributed by atoms with Gasteiger partial charge in [0.15, 0.2) is 16.0 Å². The van der Waals surface area contributed by atoms with Crippen LogP contribution in [-0.4, -0.2) is 75.9 Å². The molecule has 0 saturated carbocycles. The van der Waals surface area contributed by atoms with Gasteiger partial charge in [0.25, 0.3) is 11.8 Å². The Hall–Kier alpha value is -2.60. The number of thiazole rings is 1. The van der Waals surface area contributed by atoms with E-state index in [1.54, 1.807) is 0 Å². The van der Waals surface area contributed by atoms with Crippen molar-refractivity contribution in [2.75, 3.05) is 19.0 Å². The smallest absolute Gasteiger partial charge is 0.363 e. The molecule has 14 nitrogen and oxygen atoms in total. The number of nitrogens with one attached hydrogen (secondary N) is 2. The Morgan fingerprint density at radius 1 is 1.47 bits per heavy atom. The van der Waals surface area contributed by atoms with E-state index in [-0.39, 0.29) is 27.4 Å². The van der Waals surface area contributed by atoms with E-state index in [1.165, 1.54) is 5.38 Å². The number of rotatable bonds is 8. The molecule has 0 bridgehead atoms. The molecule has 1 aromatic rings. The number of nitrogens with two attached hydrogens (primary N) is 1. The fourth-order valence-electron chi connectivity index (χ4n) is 2.22. The number of carbonyl (C=O) groups excluding carboxylic acids is 4. The van der Waals surface area contributed by atoms with Crippen LogP contribution in [0.5, 0.6) is 0 Å². The van der Waals surface area contributed by atoms with E-state index < -0.39 is 44.6 Å². The van der Waals surface area contributed by atoms with Crippen LogP contribution in [0, 0.1) is 0 Å². The zero-order valence-electron chi connectivity index (χ0n) is 15.4. The number of amides is 3. The molecule has 1 aromatic heterocycles. The highest BCUT2D eigenvalue weighted by molar-refractivity contribution is 8.14. The van der Waals surface area contributed by atoms with Gasteiger partial charge in [-0.15, -0.1) is 11.3 Å². The number of hydrogen-bond acceptors (Lipinski definition) is 12. The van der Waals surface area contributed by atoms with E-state index in [0.717, 1.165) is 25.4 Å². The van der Waals surface area contributed by atoms with Crippen LogP contribution in [0.15, 0.2) is 10.5 Å². The predicted octanol–water partition coefficient (Wildman–Crippen LogP) is -1.87. The molecule has 1 fully saturated rings. The Bertz CT molecular complexity index is 1010.